The monoisotopic (exact) mass is 264 g/mol. The summed E-state index contributed by atoms with van der Waals surface area (Å²) in [6, 6.07) is 5.97. The van der Waals surface area contributed by atoms with Crippen LogP contribution in [0.25, 0.3) is 0 Å². The van der Waals surface area contributed by atoms with Gasteiger partial charge in [-0.05, 0) is 39.2 Å². The molecule has 0 spiro atoms. The van der Waals surface area contributed by atoms with E-state index in [4.69, 9.17) is 4.74 Å². The van der Waals surface area contributed by atoms with Crippen LogP contribution in [-0.4, -0.2) is 17.1 Å². The predicted octanol–water partition coefficient (Wildman–Crippen LogP) is 3.78. The Kier molecular flexibility index (Phi) is 6.29. The minimum Gasteiger partial charge on any atom is -0.477 e. The Morgan fingerprint density at radius 2 is 2.05 bits per heavy atom. The third-order valence-electron chi connectivity index (χ3n) is 2.88. The molecule has 0 saturated heterocycles. The maximum absolute atomic E-state index is 5.75. The van der Waals surface area contributed by atoms with Gasteiger partial charge in [0.05, 0.1) is 12.3 Å². The Morgan fingerprint density at radius 3 is 2.68 bits per heavy atom. The third kappa shape index (κ3) is 7.16. The van der Waals surface area contributed by atoms with Crippen LogP contribution >= 0.6 is 0 Å². The highest BCUT2D eigenvalue weighted by Gasteiger charge is 2.09. The van der Waals surface area contributed by atoms with Crippen LogP contribution in [0.1, 0.15) is 53.2 Å². The number of nitrogens with zero attached hydrogens (tertiary/aromatic N) is 1. The molecule has 0 radical (unpaired) electrons. The molecule has 1 heterocycles. The molecule has 0 aliphatic carbocycles. The van der Waals surface area contributed by atoms with Crippen molar-refractivity contribution in [2.75, 3.05) is 6.61 Å². The SMILES string of the molecule is CCCC(C)COc1cccc(CNC(C)(C)C)n1. The van der Waals surface area contributed by atoms with Gasteiger partial charge in [0.2, 0.25) is 5.88 Å². The molecular weight excluding hydrogens is 236 g/mol. The lowest BCUT2D eigenvalue weighted by Crippen LogP contribution is -2.35. The van der Waals surface area contributed by atoms with Crippen LogP contribution in [0.15, 0.2) is 18.2 Å². The molecule has 0 aliphatic heterocycles. The van der Waals surface area contributed by atoms with Gasteiger partial charge in [0.25, 0.3) is 0 Å². The van der Waals surface area contributed by atoms with Crippen LogP contribution in [0.5, 0.6) is 5.88 Å². The number of nitrogens with one attached hydrogen (secondary N) is 1. The maximum Gasteiger partial charge on any atom is 0.213 e. The molecule has 1 aromatic heterocycles. The van der Waals surface area contributed by atoms with E-state index in [2.05, 4.69) is 44.9 Å². The molecule has 1 unspecified atom stereocenters. The second-order valence-corrected chi connectivity index (χ2v) is 6.28. The number of aromatic nitrogens is 1. The number of hydrogen-bond donors (Lipinski definition) is 1. The summed E-state index contributed by atoms with van der Waals surface area (Å²) < 4.78 is 5.75. The van der Waals surface area contributed by atoms with Crippen molar-refractivity contribution in [1.82, 2.24) is 10.3 Å². The lowest BCUT2D eigenvalue weighted by molar-refractivity contribution is 0.242. The molecule has 0 saturated carbocycles. The highest BCUT2D eigenvalue weighted by Crippen LogP contribution is 2.12. The van der Waals surface area contributed by atoms with Crippen LogP contribution in [0, 0.1) is 5.92 Å². The molecule has 19 heavy (non-hydrogen) atoms. The van der Waals surface area contributed by atoms with Gasteiger partial charge in [-0.25, -0.2) is 4.98 Å². The van der Waals surface area contributed by atoms with Gasteiger partial charge in [-0.15, -0.1) is 0 Å². The highest BCUT2D eigenvalue weighted by molar-refractivity contribution is 5.15. The number of rotatable bonds is 7. The molecule has 0 aromatic carbocycles. The molecule has 3 nitrogen and oxygen atoms in total. The van der Waals surface area contributed by atoms with Crippen molar-refractivity contribution in [3.05, 3.63) is 23.9 Å². The normalized spacial score (nSPS) is 13.3. The Morgan fingerprint density at radius 1 is 1.32 bits per heavy atom. The van der Waals surface area contributed by atoms with Crippen molar-refractivity contribution in [2.45, 2.75) is 59.5 Å². The molecule has 0 aliphatic rings. The first-order chi connectivity index (χ1) is 8.90. The standard InChI is InChI=1S/C16H28N2O/c1-6-8-13(2)12-19-15-10-7-9-14(18-15)11-17-16(3,4)5/h7,9-10,13,17H,6,8,11-12H2,1-5H3. The van der Waals surface area contributed by atoms with Gasteiger partial charge in [0, 0.05) is 18.2 Å². The molecule has 0 fully saturated rings. The van der Waals surface area contributed by atoms with Crippen molar-refractivity contribution in [3.63, 3.8) is 0 Å². The smallest absolute Gasteiger partial charge is 0.213 e. The fourth-order valence-corrected chi connectivity index (χ4v) is 1.80. The van der Waals surface area contributed by atoms with E-state index in [0.29, 0.717) is 5.92 Å². The predicted molar refractivity (Wildman–Crippen MR) is 80.4 cm³/mol. The number of pyridine rings is 1. The largest absolute Gasteiger partial charge is 0.477 e. The van der Waals surface area contributed by atoms with Crippen LogP contribution in [0.3, 0.4) is 0 Å². The summed E-state index contributed by atoms with van der Waals surface area (Å²) in [5, 5.41) is 3.43. The molecular formula is C16H28N2O. The first-order valence-corrected chi connectivity index (χ1v) is 7.24. The van der Waals surface area contributed by atoms with E-state index in [9.17, 15) is 0 Å². The summed E-state index contributed by atoms with van der Waals surface area (Å²) in [4.78, 5) is 4.52. The van der Waals surface area contributed by atoms with E-state index in [1.165, 1.54) is 12.8 Å². The summed E-state index contributed by atoms with van der Waals surface area (Å²) in [6.07, 6.45) is 2.40. The molecule has 108 valence electrons. The summed E-state index contributed by atoms with van der Waals surface area (Å²) in [5.41, 5.74) is 1.13. The fraction of sp³-hybridized carbons (Fsp3) is 0.688. The molecule has 1 atom stereocenters. The summed E-state index contributed by atoms with van der Waals surface area (Å²) >= 11 is 0. The number of hydrogen-bond acceptors (Lipinski definition) is 3. The third-order valence-corrected chi connectivity index (χ3v) is 2.88. The van der Waals surface area contributed by atoms with Crippen LogP contribution in [0.4, 0.5) is 0 Å². The second kappa shape index (κ2) is 7.49. The molecule has 0 bridgehead atoms. The van der Waals surface area contributed by atoms with Gasteiger partial charge >= 0.3 is 0 Å². The van der Waals surface area contributed by atoms with Crippen molar-refractivity contribution in [1.29, 1.82) is 0 Å². The summed E-state index contributed by atoms with van der Waals surface area (Å²) in [6.45, 7) is 12.4. The molecule has 1 N–H and O–H groups in total. The minimum absolute atomic E-state index is 0.105. The van der Waals surface area contributed by atoms with Crippen LogP contribution in [0.2, 0.25) is 0 Å². The average molecular weight is 264 g/mol. The van der Waals surface area contributed by atoms with Gasteiger partial charge in [-0.1, -0.05) is 26.3 Å². The van der Waals surface area contributed by atoms with E-state index < -0.39 is 0 Å². The molecule has 1 aromatic rings. The van der Waals surface area contributed by atoms with Crippen molar-refractivity contribution in [2.24, 2.45) is 5.92 Å². The van der Waals surface area contributed by atoms with Gasteiger partial charge in [-0.2, -0.15) is 0 Å². The van der Waals surface area contributed by atoms with Crippen LogP contribution in [-0.2, 0) is 6.54 Å². The molecule has 1 rings (SSSR count). The Balaban J connectivity index is 2.48. The zero-order valence-electron chi connectivity index (χ0n) is 13.0. The lowest BCUT2D eigenvalue weighted by atomic mass is 10.1. The van der Waals surface area contributed by atoms with Gasteiger partial charge in [0.15, 0.2) is 0 Å². The van der Waals surface area contributed by atoms with E-state index in [1.54, 1.807) is 0 Å². The minimum atomic E-state index is 0.105. The zero-order chi connectivity index (χ0) is 14.3. The fourth-order valence-electron chi connectivity index (χ4n) is 1.80. The lowest BCUT2D eigenvalue weighted by Gasteiger charge is -2.20. The van der Waals surface area contributed by atoms with E-state index in [0.717, 1.165) is 24.7 Å². The van der Waals surface area contributed by atoms with E-state index in [1.807, 2.05) is 18.2 Å². The Hall–Kier alpha value is -1.09. The van der Waals surface area contributed by atoms with Gasteiger partial charge in [-0.3, -0.25) is 0 Å². The highest BCUT2D eigenvalue weighted by atomic mass is 16.5. The van der Waals surface area contributed by atoms with Crippen molar-refractivity contribution in [3.8, 4) is 5.88 Å². The summed E-state index contributed by atoms with van der Waals surface area (Å²) in [5.74, 6) is 1.32. The average Bonchev–Trinajstić information content (AvgIpc) is 2.34. The first-order valence-electron chi connectivity index (χ1n) is 7.24. The maximum atomic E-state index is 5.75. The molecule has 3 heteroatoms. The quantitative estimate of drug-likeness (QED) is 0.813. The zero-order valence-corrected chi connectivity index (χ0v) is 13.0. The van der Waals surface area contributed by atoms with Crippen molar-refractivity contribution >= 4 is 0 Å². The van der Waals surface area contributed by atoms with E-state index >= 15 is 0 Å². The Bertz CT molecular complexity index is 371. The van der Waals surface area contributed by atoms with Gasteiger partial charge in [0.1, 0.15) is 0 Å². The second-order valence-electron chi connectivity index (χ2n) is 6.28. The van der Waals surface area contributed by atoms with E-state index in [-0.39, 0.29) is 5.54 Å². The topological polar surface area (TPSA) is 34.1 Å². The summed E-state index contributed by atoms with van der Waals surface area (Å²) in [7, 11) is 0. The van der Waals surface area contributed by atoms with Crippen LogP contribution < -0.4 is 10.1 Å². The number of ether oxygens (including phenoxy) is 1. The Labute approximate surface area is 117 Å². The first kappa shape index (κ1) is 16.0. The van der Waals surface area contributed by atoms with Gasteiger partial charge < -0.3 is 10.1 Å². The molecule has 0 amide bonds. The van der Waals surface area contributed by atoms with Crippen molar-refractivity contribution < 1.29 is 4.74 Å².